The van der Waals surface area contributed by atoms with Crippen molar-refractivity contribution in [2.75, 3.05) is 0 Å². The van der Waals surface area contributed by atoms with E-state index in [0.29, 0.717) is 0 Å². The number of pyridine rings is 2. The van der Waals surface area contributed by atoms with Crippen LogP contribution in [-0.4, -0.2) is 9.97 Å². The summed E-state index contributed by atoms with van der Waals surface area (Å²) in [7, 11) is 0. The van der Waals surface area contributed by atoms with Crippen LogP contribution in [0.3, 0.4) is 0 Å². The van der Waals surface area contributed by atoms with E-state index in [-0.39, 0.29) is 0 Å². The zero-order valence-corrected chi connectivity index (χ0v) is 32.7. The Labute approximate surface area is 348 Å². The molecule has 1 aliphatic rings. The second-order valence-corrected chi connectivity index (χ2v) is 15.7. The van der Waals surface area contributed by atoms with Gasteiger partial charge < -0.3 is 0 Å². The second-order valence-electron chi connectivity index (χ2n) is 15.7. The van der Waals surface area contributed by atoms with E-state index in [4.69, 9.17) is 4.98 Å². The van der Waals surface area contributed by atoms with Crippen LogP contribution in [0.15, 0.2) is 219 Å². The van der Waals surface area contributed by atoms with Gasteiger partial charge in [0.05, 0.1) is 11.4 Å². The highest BCUT2D eigenvalue weighted by Gasteiger charge is 2.31. The maximum Gasteiger partial charge on any atom is 0.0886 e. The number of hydrogen-bond donors (Lipinski definition) is 0. The first-order chi connectivity index (χ1) is 29.8. The summed E-state index contributed by atoms with van der Waals surface area (Å²) in [6, 6.07) is 75.0. The third-order valence-corrected chi connectivity index (χ3v) is 12.3. The molecule has 0 fully saturated rings. The van der Waals surface area contributed by atoms with Crippen LogP contribution in [0, 0.1) is 0 Å². The van der Waals surface area contributed by atoms with Crippen molar-refractivity contribution in [3.8, 4) is 89.3 Å². The number of benzene rings is 9. The third-order valence-electron chi connectivity index (χ3n) is 12.3. The van der Waals surface area contributed by atoms with E-state index >= 15 is 0 Å². The predicted molar refractivity (Wildman–Crippen MR) is 252 cm³/mol. The summed E-state index contributed by atoms with van der Waals surface area (Å²) in [4.78, 5) is 9.14. The normalized spacial score (nSPS) is 11.7. The Kier molecular flexibility index (Phi) is 7.89. The molecule has 2 heterocycles. The Morgan fingerprint density at radius 3 is 1.40 bits per heavy atom. The molecule has 1 aliphatic carbocycles. The molecular formula is C58H36N2. The molecule has 0 atom stereocenters. The summed E-state index contributed by atoms with van der Waals surface area (Å²) in [6.07, 6.45) is 3.74. The van der Waals surface area contributed by atoms with E-state index < -0.39 is 0 Å². The Morgan fingerprint density at radius 2 is 0.783 bits per heavy atom. The van der Waals surface area contributed by atoms with Crippen molar-refractivity contribution in [3.63, 3.8) is 0 Å². The van der Waals surface area contributed by atoms with Gasteiger partial charge in [0.25, 0.3) is 0 Å². The molecule has 0 saturated carbocycles. The van der Waals surface area contributed by atoms with Crippen molar-refractivity contribution >= 4 is 32.3 Å². The summed E-state index contributed by atoms with van der Waals surface area (Å²) in [6.45, 7) is 0. The molecule has 0 saturated heterocycles. The van der Waals surface area contributed by atoms with Crippen molar-refractivity contribution in [2.45, 2.75) is 0 Å². The Hall–Kier alpha value is -7.94. The second kappa shape index (κ2) is 13.9. The van der Waals surface area contributed by atoms with E-state index in [0.717, 1.165) is 22.5 Å². The molecule has 11 aromatic rings. The monoisotopic (exact) mass is 760 g/mol. The molecule has 0 amide bonds. The minimum absolute atomic E-state index is 0.874. The fraction of sp³-hybridized carbons (Fsp3) is 0. The van der Waals surface area contributed by atoms with Crippen LogP contribution in [0.5, 0.6) is 0 Å². The molecule has 9 aromatic carbocycles. The fourth-order valence-corrected chi connectivity index (χ4v) is 9.54. The Morgan fingerprint density at radius 1 is 0.267 bits per heavy atom. The van der Waals surface area contributed by atoms with Gasteiger partial charge in [-0.15, -0.1) is 0 Å². The van der Waals surface area contributed by atoms with Crippen molar-refractivity contribution in [1.29, 1.82) is 0 Å². The maximum atomic E-state index is 4.70. The first-order valence-corrected chi connectivity index (χ1v) is 20.6. The average molecular weight is 761 g/mol. The molecular weight excluding hydrogens is 725 g/mol. The predicted octanol–water partition coefficient (Wildman–Crippen LogP) is 15.6. The van der Waals surface area contributed by atoms with Crippen LogP contribution in [0.1, 0.15) is 0 Å². The number of hydrogen-bond acceptors (Lipinski definition) is 2. The molecule has 2 heteroatoms. The van der Waals surface area contributed by atoms with Gasteiger partial charge in [-0.05, 0) is 135 Å². The lowest BCUT2D eigenvalue weighted by molar-refractivity contribution is 1.25. The van der Waals surface area contributed by atoms with Crippen molar-refractivity contribution in [2.24, 2.45) is 0 Å². The molecule has 0 bridgehead atoms. The van der Waals surface area contributed by atoms with Crippen LogP contribution in [0.4, 0.5) is 0 Å². The van der Waals surface area contributed by atoms with Gasteiger partial charge in [0.2, 0.25) is 0 Å². The van der Waals surface area contributed by atoms with Crippen molar-refractivity contribution in [1.82, 2.24) is 9.97 Å². The lowest BCUT2D eigenvalue weighted by Crippen LogP contribution is -1.93. The minimum Gasteiger partial charge on any atom is -0.255 e. The molecule has 0 spiro atoms. The van der Waals surface area contributed by atoms with Gasteiger partial charge in [-0.25, -0.2) is 0 Å². The van der Waals surface area contributed by atoms with Crippen LogP contribution in [0.25, 0.3) is 122 Å². The zero-order chi connectivity index (χ0) is 39.6. The molecule has 278 valence electrons. The smallest absolute Gasteiger partial charge is 0.0886 e. The standard InChI is InChI=1S/C58H36N2/c1-3-12-39(13-4-1)54-48-16-7-8-17-49(48)55(40-14-5-2-6-15-40)58-51-31-30-46(47-18-11-19-50(56(47)51)57(54)58)38-23-21-37(22-24-38)41-25-26-43-35-44(28-27-42(43)34-41)45-29-32-53(60-36-45)52-20-9-10-33-59-52/h1-36H. The SMILES string of the molecule is c1ccc(-c2c3c(c(-c4ccccc4)c4ccccc24)-c2ccc(-c4ccc(-c5ccc6cc(-c7ccc(-c8ccccn8)nc7)ccc6c5)cc4)c4cccc-3c24)cc1. The highest BCUT2D eigenvalue weighted by Crippen LogP contribution is 2.58. The van der Waals surface area contributed by atoms with E-state index in [1.807, 2.05) is 30.5 Å². The van der Waals surface area contributed by atoms with Gasteiger partial charge in [0.1, 0.15) is 0 Å². The Balaban J connectivity index is 0.927. The van der Waals surface area contributed by atoms with E-state index in [9.17, 15) is 0 Å². The van der Waals surface area contributed by atoms with Gasteiger partial charge in [0, 0.05) is 18.0 Å². The van der Waals surface area contributed by atoms with E-state index in [2.05, 4.69) is 187 Å². The summed E-state index contributed by atoms with van der Waals surface area (Å²) >= 11 is 0. The van der Waals surface area contributed by atoms with Crippen molar-refractivity contribution in [3.05, 3.63) is 219 Å². The van der Waals surface area contributed by atoms with Crippen LogP contribution < -0.4 is 0 Å². The van der Waals surface area contributed by atoms with Gasteiger partial charge in [-0.2, -0.15) is 0 Å². The molecule has 12 rings (SSSR count). The third kappa shape index (κ3) is 5.50. The van der Waals surface area contributed by atoms with Crippen LogP contribution in [0.2, 0.25) is 0 Å². The summed E-state index contributed by atoms with van der Waals surface area (Å²) in [5, 5.41) is 7.57. The quantitative estimate of drug-likeness (QED) is 0.169. The average Bonchev–Trinajstić information content (AvgIpc) is 3.66. The summed E-state index contributed by atoms with van der Waals surface area (Å²) < 4.78 is 0. The molecule has 60 heavy (non-hydrogen) atoms. The van der Waals surface area contributed by atoms with Crippen molar-refractivity contribution < 1.29 is 0 Å². The number of aromatic nitrogens is 2. The lowest BCUT2D eigenvalue weighted by Gasteiger charge is -2.20. The zero-order valence-electron chi connectivity index (χ0n) is 32.7. The Bertz CT molecular complexity index is 3340. The van der Waals surface area contributed by atoms with Gasteiger partial charge in [-0.3, -0.25) is 9.97 Å². The first kappa shape index (κ1) is 34.1. The van der Waals surface area contributed by atoms with Gasteiger partial charge in [-0.1, -0.05) is 176 Å². The van der Waals surface area contributed by atoms with Gasteiger partial charge in [0.15, 0.2) is 0 Å². The van der Waals surface area contributed by atoms with Gasteiger partial charge >= 0.3 is 0 Å². The highest BCUT2D eigenvalue weighted by atomic mass is 14.8. The summed E-state index contributed by atoms with van der Waals surface area (Å²) in [5.41, 5.74) is 19.2. The highest BCUT2D eigenvalue weighted by molar-refractivity contribution is 6.28. The number of rotatable bonds is 6. The first-order valence-electron chi connectivity index (χ1n) is 20.6. The largest absolute Gasteiger partial charge is 0.255 e. The fourth-order valence-electron chi connectivity index (χ4n) is 9.54. The maximum absolute atomic E-state index is 4.70. The van der Waals surface area contributed by atoms with E-state index in [1.165, 1.54) is 99.1 Å². The lowest BCUT2D eigenvalue weighted by atomic mass is 9.82. The number of nitrogens with zero attached hydrogens (tertiary/aromatic N) is 2. The molecule has 2 aromatic heterocycles. The number of fused-ring (bicyclic) bond motifs is 5. The molecule has 0 unspecified atom stereocenters. The minimum atomic E-state index is 0.874. The topological polar surface area (TPSA) is 25.8 Å². The van der Waals surface area contributed by atoms with Crippen LogP contribution in [-0.2, 0) is 0 Å². The molecule has 0 N–H and O–H groups in total. The molecule has 0 aliphatic heterocycles. The van der Waals surface area contributed by atoms with E-state index in [1.54, 1.807) is 6.20 Å². The molecule has 0 radical (unpaired) electrons. The molecule has 2 nitrogen and oxygen atoms in total. The van der Waals surface area contributed by atoms with Crippen LogP contribution >= 0.6 is 0 Å². The summed E-state index contributed by atoms with van der Waals surface area (Å²) in [5.74, 6) is 0.